The Bertz CT molecular complexity index is 269. The Morgan fingerprint density at radius 1 is 1.11 bits per heavy atom. The zero-order chi connectivity index (χ0) is 13.1. The second-order valence-electron chi connectivity index (χ2n) is 4.99. The summed E-state index contributed by atoms with van der Waals surface area (Å²) < 4.78 is 0. The van der Waals surface area contributed by atoms with Gasteiger partial charge < -0.3 is 10.3 Å². The largest absolute Gasteiger partial charge is 0.347 e. The predicted molar refractivity (Wildman–Crippen MR) is 77.6 cm³/mol. The minimum atomic E-state index is 0.403. The van der Waals surface area contributed by atoms with E-state index in [1.165, 1.54) is 51.4 Å². The number of rotatable bonds is 11. The molecule has 1 aromatic rings. The van der Waals surface area contributed by atoms with E-state index >= 15 is 0 Å². The molecular formula is C15H29N3. The monoisotopic (exact) mass is 251 g/mol. The third kappa shape index (κ3) is 6.20. The average molecular weight is 251 g/mol. The molecule has 0 aliphatic rings. The van der Waals surface area contributed by atoms with Crippen molar-refractivity contribution in [1.82, 2.24) is 15.3 Å². The first kappa shape index (κ1) is 15.2. The summed E-state index contributed by atoms with van der Waals surface area (Å²) in [4.78, 5) is 7.57. The van der Waals surface area contributed by atoms with Crippen molar-refractivity contribution in [2.45, 2.75) is 71.3 Å². The standard InChI is InChI=1S/C15H29N3/c1-3-5-6-7-8-9-10-11-14(16-4-2)15-17-12-13-18-15/h12-14,16H,3-11H2,1-2H3,(H,17,18). The molecule has 1 heterocycles. The highest BCUT2D eigenvalue weighted by Crippen LogP contribution is 2.17. The number of unbranched alkanes of at least 4 members (excludes halogenated alkanes) is 6. The zero-order valence-corrected chi connectivity index (χ0v) is 12.0. The predicted octanol–water partition coefficient (Wildman–Crippen LogP) is 4.20. The van der Waals surface area contributed by atoms with Crippen LogP contribution in [-0.4, -0.2) is 16.5 Å². The van der Waals surface area contributed by atoms with Crippen molar-refractivity contribution in [2.24, 2.45) is 0 Å². The van der Waals surface area contributed by atoms with Gasteiger partial charge in [0.25, 0.3) is 0 Å². The van der Waals surface area contributed by atoms with Crippen LogP contribution < -0.4 is 5.32 Å². The summed E-state index contributed by atoms with van der Waals surface area (Å²) in [6.07, 6.45) is 14.5. The van der Waals surface area contributed by atoms with Crippen molar-refractivity contribution in [3.63, 3.8) is 0 Å². The van der Waals surface area contributed by atoms with Crippen LogP contribution in [0.1, 0.15) is 77.1 Å². The fourth-order valence-corrected chi connectivity index (χ4v) is 2.36. The van der Waals surface area contributed by atoms with Gasteiger partial charge in [0.15, 0.2) is 0 Å². The van der Waals surface area contributed by atoms with Gasteiger partial charge in [0.05, 0.1) is 6.04 Å². The maximum atomic E-state index is 4.36. The van der Waals surface area contributed by atoms with Gasteiger partial charge in [-0.05, 0) is 13.0 Å². The molecular weight excluding hydrogens is 222 g/mol. The number of imidazole rings is 1. The third-order valence-corrected chi connectivity index (χ3v) is 3.40. The molecule has 0 spiro atoms. The van der Waals surface area contributed by atoms with Gasteiger partial charge in [0, 0.05) is 12.4 Å². The van der Waals surface area contributed by atoms with E-state index in [-0.39, 0.29) is 0 Å². The van der Waals surface area contributed by atoms with Crippen LogP contribution in [0.25, 0.3) is 0 Å². The summed E-state index contributed by atoms with van der Waals surface area (Å²) in [6, 6.07) is 0.403. The molecule has 3 heteroatoms. The Morgan fingerprint density at radius 2 is 1.83 bits per heavy atom. The minimum absolute atomic E-state index is 0.403. The lowest BCUT2D eigenvalue weighted by Crippen LogP contribution is -2.21. The number of nitrogens with zero attached hydrogens (tertiary/aromatic N) is 1. The van der Waals surface area contributed by atoms with Crippen LogP contribution in [0.5, 0.6) is 0 Å². The maximum absolute atomic E-state index is 4.36. The van der Waals surface area contributed by atoms with Crippen LogP contribution in [0.15, 0.2) is 12.4 Å². The highest BCUT2D eigenvalue weighted by atomic mass is 15.0. The lowest BCUT2D eigenvalue weighted by Gasteiger charge is -2.15. The lowest BCUT2D eigenvalue weighted by molar-refractivity contribution is 0.460. The van der Waals surface area contributed by atoms with Crippen molar-refractivity contribution < 1.29 is 0 Å². The van der Waals surface area contributed by atoms with E-state index in [0.717, 1.165) is 12.4 Å². The fraction of sp³-hybridized carbons (Fsp3) is 0.800. The first-order valence-corrected chi connectivity index (χ1v) is 7.61. The van der Waals surface area contributed by atoms with Gasteiger partial charge in [-0.2, -0.15) is 0 Å². The topological polar surface area (TPSA) is 40.7 Å². The van der Waals surface area contributed by atoms with E-state index in [9.17, 15) is 0 Å². The molecule has 0 saturated heterocycles. The van der Waals surface area contributed by atoms with Crippen molar-refractivity contribution in [2.75, 3.05) is 6.54 Å². The molecule has 18 heavy (non-hydrogen) atoms. The summed E-state index contributed by atoms with van der Waals surface area (Å²) in [6.45, 7) is 5.42. The van der Waals surface area contributed by atoms with Crippen molar-refractivity contribution in [1.29, 1.82) is 0 Å². The SMILES string of the molecule is CCCCCCCCCC(NCC)c1ncc[nH]1. The third-order valence-electron chi connectivity index (χ3n) is 3.40. The summed E-state index contributed by atoms with van der Waals surface area (Å²) in [5, 5.41) is 3.50. The summed E-state index contributed by atoms with van der Waals surface area (Å²) >= 11 is 0. The van der Waals surface area contributed by atoms with Gasteiger partial charge in [-0.3, -0.25) is 0 Å². The van der Waals surface area contributed by atoms with E-state index in [0.29, 0.717) is 6.04 Å². The molecule has 1 unspecified atom stereocenters. The average Bonchev–Trinajstić information content (AvgIpc) is 2.90. The van der Waals surface area contributed by atoms with Gasteiger partial charge in [0.1, 0.15) is 5.82 Å². The molecule has 0 aliphatic heterocycles. The molecule has 0 radical (unpaired) electrons. The Morgan fingerprint density at radius 3 is 2.44 bits per heavy atom. The number of hydrogen-bond acceptors (Lipinski definition) is 2. The van der Waals surface area contributed by atoms with E-state index in [4.69, 9.17) is 0 Å². The molecule has 1 aromatic heterocycles. The second-order valence-corrected chi connectivity index (χ2v) is 4.99. The molecule has 1 atom stereocenters. The van der Waals surface area contributed by atoms with Crippen molar-refractivity contribution >= 4 is 0 Å². The number of aromatic nitrogens is 2. The summed E-state index contributed by atoms with van der Waals surface area (Å²) in [7, 11) is 0. The number of aromatic amines is 1. The Balaban J connectivity index is 2.11. The number of hydrogen-bond donors (Lipinski definition) is 2. The lowest BCUT2D eigenvalue weighted by atomic mass is 10.0. The van der Waals surface area contributed by atoms with Crippen LogP contribution in [0.4, 0.5) is 0 Å². The van der Waals surface area contributed by atoms with Crippen LogP contribution >= 0.6 is 0 Å². The first-order chi connectivity index (χ1) is 8.88. The van der Waals surface area contributed by atoms with Crippen LogP contribution in [-0.2, 0) is 0 Å². The molecule has 3 nitrogen and oxygen atoms in total. The summed E-state index contributed by atoms with van der Waals surface area (Å²) in [5.41, 5.74) is 0. The van der Waals surface area contributed by atoms with Gasteiger partial charge in [-0.1, -0.05) is 58.8 Å². The smallest absolute Gasteiger partial charge is 0.123 e. The second kappa shape index (κ2) is 10.1. The van der Waals surface area contributed by atoms with E-state index in [1.54, 1.807) is 0 Å². The molecule has 2 N–H and O–H groups in total. The molecule has 1 rings (SSSR count). The highest BCUT2D eigenvalue weighted by molar-refractivity contribution is 4.95. The quantitative estimate of drug-likeness (QED) is 0.579. The Hall–Kier alpha value is -0.830. The number of H-pyrrole nitrogens is 1. The van der Waals surface area contributed by atoms with E-state index in [1.807, 2.05) is 12.4 Å². The van der Waals surface area contributed by atoms with Crippen LogP contribution in [0.2, 0.25) is 0 Å². The van der Waals surface area contributed by atoms with Gasteiger partial charge in [-0.15, -0.1) is 0 Å². The molecule has 0 saturated carbocycles. The molecule has 104 valence electrons. The first-order valence-electron chi connectivity index (χ1n) is 7.61. The molecule has 0 aliphatic carbocycles. The maximum Gasteiger partial charge on any atom is 0.123 e. The molecule has 0 fully saturated rings. The molecule has 0 aromatic carbocycles. The van der Waals surface area contributed by atoms with Gasteiger partial charge in [-0.25, -0.2) is 4.98 Å². The number of nitrogens with one attached hydrogen (secondary N) is 2. The van der Waals surface area contributed by atoms with Crippen LogP contribution in [0, 0.1) is 0 Å². The van der Waals surface area contributed by atoms with Gasteiger partial charge >= 0.3 is 0 Å². The normalized spacial score (nSPS) is 12.8. The van der Waals surface area contributed by atoms with Crippen LogP contribution in [0.3, 0.4) is 0 Å². The van der Waals surface area contributed by atoms with Gasteiger partial charge in [0.2, 0.25) is 0 Å². The van der Waals surface area contributed by atoms with E-state index in [2.05, 4.69) is 29.1 Å². The minimum Gasteiger partial charge on any atom is -0.347 e. The molecule has 0 amide bonds. The highest BCUT2D eigenvalue weighted by Gasteiger charge is 2.11. The van der Waals surface area contributed by atoms with E-state index < -0.39 is 0 Å². The Kier molecular flexibility index (Phi) is 8.57. The Labute approximate surface area is 112 Å². The fourth-order valence-electron chi connectivity index (χ4n) is 2.36. The molecule has 0 bridgehead atoms. The van der Waals surface area contributed by atoms with Crippen molar-refractivity contribution in [3.05, 3.63) is 18.2 Å². The zero-order valence-electron chi connectivity index (χ0n) is 12.0. The summed E-state index contributed by atoms with van der Waals surface area (Å²) in [5.74, 6) is 1.09. The van der Waals surface area contributed by atoms with Crippen molar-refractivity contribution in [3.8, 4) is 0 Å².